The Morgan fingerprint density at radius 3 is 2.47 bits per heavy atom. The standard InChI is InChI=1S/C14H26N4O/c1-5-13(2,3)11-6-8-14(19,9-7-11)10-12-15-17-18(4)16-12/h11,19H,5-10H2,1-4H3. The van der Waals surface area contributed by atoms with Gasteiger partial charge in [0.25, 0.3) is 0 Å². The maximum Gasteiger partial charge on any atom is 0.177 e. The lowest BCUT2D eigenvalue weighted by atomic mass is 9.66. The molecule has 0 aliphatic heterocycles. The van der Waals surface area contributed by atoms with Gasteiger partial charge in [0.2, 0.25) is 0 Å². The van der Waals surface area contributed by atoms with Gasteiger partial charge in [-0.15, -0.1) is 10.2 Å². The third-order valence-corrected chi connectivity index (χ3v) is 4.97. The molecule has 2 rings (SSSR count). The van der Waals surface area contributed by atoms with Crippen molar-refractivity contribution in [2.45, 2.75) is 64.9 Å². The second-order valence-electron chi connectivity index (χ2n) is 6.71. The summed E-state index contributed by atoms with van der Waals surface area (Å²) in [6.07, 6.45) is 5.61. The van der Waals surface area contributed by atoms with Crippen LogP contribution in [0.25, 0.3) is 0 Å². The Labute approximate surface area is 115 Å². The van der Waals surface area contributed by atoms with Crippen LogP contribution in [0.3, 0.4) is 0 Å². The number of aromatic nitrogens is 4. The van der Waals surface area contributed by atoms with Crippen LogP contribution in [0.1, 0.15) is 58.7 Å². The van der Waals surface area contributed by atoms with Gasteiger partial charge in [0.15, 0.2) is 5.82 Å². The molecule has 0 bridgehead atoms. The summed E-state index contributed by atoms with van der Waals surface area (Å²) >= 11 is 0. The molecule has 1 heterocycles. The Bertz CT molecular complexity index is 419. The van der Waals surface area contributed by atoms with Crippen molar-refractivity contribution in [2.24, 2.45) is 18.4 Å². The molecule has 1 aromatic heterocycles. The molecule has 0 spiro atoms. The lowest BCUT2D eigenvalue weighted by Gasteiger charge is -2.42. The van der Waals surface area contributed by atoms with Crippen molar-refractivity contribution in [1.29, 1.82) is 0 Å². The lowest BCUT2D eigenvalue weighted by molar-refractivity contribution is -0.0289. The zero-order valence-corrected chi connectivity index (χ0v) is 12.6. The van der Waals surface area contributed by atoms with E-state index in [1.165, 1.54) is 11.2 Å². The van der Waals surface area contributed by atoms with Crippen LogP contribution >= 0.6 is 0 Å². The fourth-order valence-electron chi connectivity index (χ4n) is 3.09. The van der Waals surface area contributed by atoms with Crippen LogP contribution in [0, 0.1) is 11.3 Å². The molecule has 1 saturated carbocycles. The number of hydrogen-bond donors (Lipinski definition) is 1. The zero-order chi connectivity index (χ0) is 14.1. The fourth-order valence-corrected chi connectivity index (χ4v) is 3.09. The highest BCUT2D eigenvalue weighted by Crippen LogP contribution is 2.43. The summed E-state index contributed by atoms with van der Waals surface area (Å²) in [5, 5.41) is 22.6. The Hall–Kier alpha value is -0.970. The quantitative estimate of drug-likeness (QED) is 0.906. The Balaban J connectivity index is 1.94. The van der Waals surface area contributed by atoms with Crippen LogP contribution in [-0.2, 0) is 13.5 Å². The summed E-state index contributed by atoms with van der Waals surface area (Å²) in [4.78, 5) is 1.45. The predicted molar refractivity (Wildman–Crippen MR) is 73.5 cm³/mol. The Kier molecular flexibility index (Phi) is 3.95. The molecule has 1 N–H and O–H groups in total. The van der Waals surface area contributed by atoms with Gasteiger partial charge in [0, 0.05) is 6.42 Å². The molecule has 0 saturated heterocycles. The predicted octanol–water partition coefficient (Wildman–Crippen LogP) is 2.11. The van der Waals surface area contributed by atoms with Gasteiger partial charge in [-0.1, -0.05) is 27.2 Å². The van der Waals surface area contributed by atoms with E-state index in [9.17, 15) is 5.11 Å². The van der Waals surface area contributed by atoms with Gasteiger partial charge in [0.1, 0.15) is 0 Å². The van der Waals surface area contributed by atoms with Gasteiger partial charge >= 0.3 is 0 Å². The number of rotatable bonds is 4. The number of nitrogens with zero attached hydrogens (tertiary/aromatic N) is 4. The first kappa shape index (κ1) is 14.4. The van der Waals surface area contributed by atoms with E-state index >= 15 is 0 Å². The average Bonchev–Trinajstić information content (AvgIpc) is 2.74. The van der Waals surface area contributed by atoms with E-state index in [-0.39, 0.29) is 0 Å². The van der Waals surface area contributed by atoms with E-state index in [0.717, 1.165) is 25.7 Å². The van der Waals surface area contributed by atoms with Crippen molar-refractivity contribution >= 4 is 0 Å². The van der Waals surface area contributed by atoms with Crippen LogP contribution in [0.5, 0.6) is 0 Å². The van der Waals surface area contributed by atoms with Gasteiger partial charge in [-0.25, -0.2) is 0 Å². The first-order valence-corrected chi connectivity index (χ1v) is 7.30. The van der Waals surface area contributed by atoms with E-state index in [2.05, 4.69) is 36.2 Å². The SMILES string of the molecule is CCC(C)(C)C1CCC(O)(Cc2nnn(C)n2)CC1. The summed E-state index contributed by atoms with van der Waals surface area (Å²) in [7, 11) is 1.75. The van der Waals surface area contributed by atoms with Crippen LogP contribution in [-0.4, -0.2) is 30.9 Å². The number of aryl methyl sites for hydroxylation is 1. The third-order valence-electron chi connectivity index (χ3n) is 4.97. The van der Waals surface area contributed by atoms with Crippen molar-refractivity contribution in [3.8, 4) is 0 Å². The van der Waals surface area contributed by atoms with Gasteiger partial charge in [-0.3, -0.25) is 0 Å². The van der Waals surface area contributed by atoms with E-state index in [0.29, 0.717) is 23.6 Å². The molecule has 108 valence electrons. The van der Waals surface area contributed by atoms with E-state index < -0.39 is 5.60 Å². The van der Waals surface area contributed by atoms with Crippen LogP contribution in [0.4, 0.5) is 0 Å². The molecule has 1 aliphatic carbocycles. The molecule has 5 heteroatoms. The third kappa shape index (κ3) is 3.32. The van der Waals surface area contributed by atoms with Crippen LogP contribution < -0.4 is 0 Å². The second-order valence-corrected chi connectivity index (χ2v) is 6.71. The van der Waals surface area contributed by atoms with E-state index in [1.54, 1.807) is 7.05 Å². The summed E-state index contributed by atoms with van der Waals surface area (Å²) < 4.78 is 0. The van der Waals surface area contributed by atoms with Crippen molar-refractivity contribution in [3.63, 3.8) is 0 Å². The molecule has 1 aliphatic rings. The summed E-state index contributed by atoms with van der Waals surface area (Å²) in [6.45, 7) is 6.93. The van der Waals surface area contributed by atoms with Gasteiger partial charge in [0.05, 0.1) is 12.6 Å². The van der Waals surface area contributed by atoms with Crippen molar-refractivity contribution in [3.05, 3.63) is 5.82 Å². The largest absolute Gasteiger partial charge is 0.389 e. The smallest absolute Gasteiger partial charge is 0.177 e. The highest BCUT2D eigenvalue weighted by atomic mass is 16.3. The Morgan fingerprint density at radius 2 is 2.00 bits per heavy atom. The molecule has 1 aromatic rings. The molecule has 19 heavy (non-hydrogen) atoms. The van der Waals surface area contributed by atoms with Crippen molar-refractivity contribution < 1.29 is 5.11 Å². The first-order valence-electron chi connectivity index (χ1n) is 7.30. The highest BCUT2D eigenvalue weighted by molar-refractivity contribution is 4.96. The minimum absolute atomic E-state index is 0.381. The summed E-state index contributed by atoms with van der Waals surface area (Å²) in [6, 6.07) is 0. The fraction of sp³-hybridized carbons (Fsp3) is 0.929. The van der Waals surface area contributed by atoms with E-state index in [1.807, 2.05) is 0 Å². The van der Waals surface area contributed by atoms with Gasteiger partial charge in [-0.05, 0) is 42.2 Å². The topological polar surface area (TPSA) is 63.8 Å². The van der Waals surface area contributed by atoms with Crippen LogP contribution in [0.15, 0.2) is 0 Å². The molecule has 5 nitrogen and oxygen atoms in total. The van der Waals surface area contributed by atoms with Crippen molar-refractivity contribution in [2.75, 3.05) is 0 Å². The molecule has 0 radical (unpaired) electrons. The molecule has 0 aromatic carbocycles. The molecule has 0 amide bonds. The maximum absolute atomic E-state index is 10.7. The van der Waals surface area contributed by atoms with E-state index in [4.69, 9.17) is 0 Å². The number of hydrogen-bond acceptors (Lipinski definition) is 4. The maximum atomic E-state index is 10.7. The van der Waals surface area contributed by atoms with Crippen LogP contribution in [0.2, 0.25) is 0 Å². The van der Waals surface area contributed by atoms with Gasteiger partial charge in [-0.2, -0.15) is 4.80 Å². The molecule has 0 unspecified atom stereocenters. The number of aliphatic hydroxyl groups is 1. The average molecular weight is 266 g/mol. The minimum Gasteiger partial charge on any atom is -0.389 e. The number of tetrazole rings is 1. The van der Waals surface area contributed by atoms with Gasteiger partial charge < -0.3 is 5.11 Å². The summed E-state index contributed by atoms with van der Waals surface area (Å²) in [5.74, 6) is 1.37. The molecular weight excluding hydrogens is 240 g/mol. The van der Waals surface area contributed by atoms with Crippen molar-refractivity contribution in [1.82, 2.24) is 20.2 Å². The minimum atomic E-state index is -0.636. The monoisotopic (exact) mass is 266 g/mol. The molecular formula is C14H26N4O. The molecule has 0 atom stereocenters. The normalized spacial score (nSPS) is 28.6. The lowest BCUT2D eigenvalue weighted by Crippen LogP contribution is -2.40. The molecule has 1 fully saturated rings. The second kappa shape index (κ2) is 5.19. The zero-order valence-electron chi connectivity index (χ0n) is 12.6. The summed E-state index contributed by atoms with van der Waals surface area (Å²) in [5.41, 5.74) is -0.254. The first-order chi connectivity index (χ1) is 8.85. The highest BCUT2D eigenvalue weighted by Gasteiger charge is 2.39. The Morgan fingerprint density at radius 1 is 1.37 bits per heavy atom.